The highest BCUT2D eigenvalue weighted by atomic mass is 79.9. The van der Waals surface area contributed by atoms with Gasteiger partial charge in [-0.25, -0.2) is 4.98 Å². The van der Waals surface area contributed by atoms with Crippen molar-refractivity contribution < 1.29 is 4.74 Å². The molecule has 0 aliphatic heterocycles. The number of halogens is 1. The fraction of sp³-hybridized carbons (Fsp3) is 0.267. The smallest absolute Gasteiger partial charge is 0.223 e. The molecule has 0 saturated heterocycles. The van der Waals surface area contributed by atoms with Crippen LogP contribution in [0.3, 0.4) is 0 Å². The fourth-order valence-corrected chi connectivity index (χ4v) is 2.22. The number of nitrogens with zero attached hydrogens (tertiary/aromatic N) is 1. The van der Waals surface area contributed by atoms with Crippen LogP contribution < -0.4 is 4.74 Å². The van der Waals surface area contributed by atoms with Crippen LogP contribution in [-0.4, -0.2) is 4.98 Å². The SMILES string of the molecule is Cc1ccc(C)c(Oc2ncccc2CBr)c1C. The minimum Gasteiger partial charge on any atom is -0.438 e. The van der Waals surface area contributed by atoms with Crippen LogP contribution in [-0.2, 0) is 5.33 Å². The van der Waals surface area contributed by atoms with E-state index in [9.17, 15) is 0 Å². The van der Waals surface area contributed by atoms with E-state index in [1.54, 1.807) is 6.20 Å². The summed E-state index contributed by atoms with van der Waals surface area (Å²) >= 11 is 3.45. The molecule has 2 nitrogen and oxygen atoms in total. The Bertz CT molecular complexity index is 566. The molecule has 0 atom stereocenters. The monoisotopic (exact) mass is 305 g/mol. The van der Waals surface area contributed by atoms with Crippen LogP contribution in [0.4, 0.5) is 0 Å². The number of aromatic nitrogens is 1. The highest BCUT2D eigenvalue weighted by Crippen LogP contribution is 2.31. The predicted molar refractivity (Wildman–Crippen MR) is 77.6 cm³/mol. The van der Waals surface area contributed by atoms with Crippen LogP contribution >= 0.6 is 15.9 Å². The van der Waals surface area contributed by atoms with Crippen LogP contribution in [0.2, 0.25) is 0 Å². The van der Waals surface area contributed by atoms with Crippen molar-refractivity contribution in [3.05, 3.63) is 52.7 Å². The van der Waals surface area contributed by atoms with Crippen molar-refractivity contribution >= 4 is 15.9 Å². The average Bonchev–Trinajstić information content (AvgIpc) is 2.39. The van der Waals surface area contributed by atoms with E-state index in [0.29, 0.717) is 5.88 Å². The number of pyridine rings is 1. The van der Waals surface area contributed by atoms with Crippen molar-refractivity contribution in [1.29, 1.82) is 0 Å². The topological polar surface area (TPSA) is 22.1 Å². The number of hydrogen-bond acceptors (Lipinski definition) is 2. The number of ether oxygens (including phenoxy) is 1. The predicted octanol–water partition coefficient (Wildman–Crippen LogP) is 4.69. The molecular weight excluding hydrogens is 290 g/mol. The van der Waals surface area contributed by atoms with E-state index in [1.807, 2.05) is 12.1 Å². The Hall–Kier alpha value is -1.35. The zero-order valence-electron chi connectivity index (χ0n) is 10.8. The second kappa shape index (κ2) is 5.53. The maximum absolute atomic E-state index is 6.00. The largest absolute Gasteiger partial charge is 0.438 e. The number of aryl methyl sites for hydroxylation is 2. The van der Waals surface area contributed by atoms with Crippen LogP contribution in [0, 0.1) is 20.8 Å². The second-order valence-electron chi connectivity index (χ2n) is 4.36. The summed E-state index contributed by atoms with van der Waals surface area (Å²) in [4.78, 5) is 4.30. The summed E-state index contributed by atoms with van der Waals surface area (Å²) in [5.74, 6) is 1.59. The van der Waals surface area contributed by atoms with Crippen LogP contribution in [0.25, 0.3) is 0 Å². The van der Waals surface area contributed by atoms with E-state index in [4.69, 9.17) is 4.74 Å². The maximum Gasteiger partial charge on any atom is 0.223 e. The third-order valence-corrected chi connectivity index (χ3v) is 3.67. The summed E-state index contributed by atoms with van der Waals surface area (Å²) in [5, 5.41) is 0.736. The minimum atomic E-state index is 0.672. The summed E-state index contributed by atoms with van der Waals surface area (Å²) in [5.41, 5.74) is 4.58. The summed E-state index contributed by atoms with van der Waals surface area (Å²) in [6.45, 7) is 6.22. The fourth-order valence-electron chi connectivity index (χ4n) is 1.80. The van der Waals surface area contributed by atoms with Gasteiger partial charge in [-0.3, -0.25) is 0 Å². The molecular formula is C15H16BrNO. The molecule has 1 aromatic heterocycles. The normalized spacial score (nSPS) is 10.4. The van der Waals surface area contributed by atoms with Crippen molar-refractivity contribution in [3.63, 3.8) is 0 Å². The van der Waals surface area contributed by atoms with E-state index >= 15 is 0 Å². The van der Waals surface area contributed by atoms with Crippen LogP contribution in [0.5, 0.6) is 11.6 Å². The molecule has 0 amide bonds. The highest BCUT2D eigenvalue weighted by Gasteiger charge is 2.10. The summed E-state index contributed by atoms with van der Waals surface area (Å²) in [6, 6.07) is 8.12. The van der Waals surface area contributed by atoms with Gasteiger partial charge in [0.25, 0.3) is 0 Å². The van der Waals surface area contributed by atoms with Gasteiger partial charge in [0, 0.05) is 17.1 Å². The number of benzene rings is 1. The van der Waals surface area contributed by atoms with Gasteiger partial charge in [0.2, 0.25) is 5.88 Å². The van der Waals surface area contributed by atoms with Crippen molar-refractivity contribution in [2.24, 2.45) is 0 Å². The first-order chi connectivity index (χ1) is 8.63. The Balaban J connectivity index is 2.43. The molecule has 2 rings (SSSR count). The zero-order valence-corrected chi connectivity index (χ0v) is 12.4. The van der Waals surface area contributed by atoms with E-state index in [1.165, 1.54) is 11.1 Å². The quantitative estimate of drug-likeness (QED) is 0.767. The van der Waals surface area contributed by atoms with Gasteiger partial charge >= 0.3 is 0 Å². The molecule has 0 radical (unpaired) electrons. The average molecular weight is 306 g/mol. The van der Waals surface area contributed by atoms with Gasteiger partial charge in [-0.2, -0.15) is 0 Å². The van der Waals surface area contributed by atoms with E-state index in [0.717, 1.165) is 22.2 Å². The molecule has 1 heterocycles. The molecule has 3 heteroatoms. The molecule has 0 fully saturated rings. The number of alkyl halides is 1. The zero-order chi connectivity index (χ0) is 13.1. The third kappa shape index (κ3) is 2.56. The molecule has 0 bridgehead atoms. The van der Waals surface area contributed by atoms with Crippen molar-refractivity contribution in [1.82, 2.24) is 4.98 Å². The number of hydrogen-bond donors (Lipinski definition) is 0. The first kappa shape index (κ1) is 13.1. The molecule has 94 valence electrons. The van der Waals surface area contributed by atoms with Gasteiger partial charge < -0.3 is 4.74 Å². The molecule has 0 N–H and O–H groups in total. The lowest BCUT2D eigenvalue weighted by molar-refractivity contribution is 0.451. The Morgan fingerprint density at radius 3 is 2.56 bits per heavy atom. The lowest BCUT2D eigenvalue weighted by Crippen LogP contribution is -1.97. The van der Waals surface area contributed by atoms with Crippen LogP contribution in [0.15, 0.2) is 30.5 Å². The molecule has 1 aromatic carbocycles. The molecule has 18 heavy (non-hydrogen) atoms. The first-order valence-electron chi connectivity index (χ1n) is 5.88. The van der Waals surface area contributed by atoms with Gasteiger partial charge in [0.15, 0.2) is 0 Å². The Labute approximate surface area is 116 Å². The lowest BCUT2D eigenvalue weighted by atomic mass is 10.1. The lowest BCUT2D eigenvalue weighted by Gasteiger charge is -2.14. The number of rotatable bonds is 3. The highest BCUT2D eigenvalue weighted by molar-refractivity contribution is 9.08. The molecule has 2 aromatic rings. The second-order valence-corrected chi connectivity index (χ2v) is 4.92. The Morgan fingerprint density at radius 2 is 1.83 bits per heavy atom. The Kier molecular flexibility index (Phi) is 4.02. The maximum atomic E-state index is 6.00. The van der Waals surface area contributed by atoms with Gasteiger partial charge in [-0.05, 0) is 43.5 Å². The summed E-state index contributed by atoms with van der Waals surface area (Å²) in [7, 11) is 0. The first-order valence-corrected chi connectivity index (χ1v) is 7.00. The standard InChI is InChI=1S/C15H16BrNO/c1-10-6-7-11(2)14(12(10)3)18-15-13(9-16)5-4-8-17-15/h4-8H,9H2,1-3H3. The third-order valence-electron chi connectivity index (χ3n) is 3.07. The molecule has 0 unspecified atom stereocenters. The van der Waals surface area contributed by atoms with Gasteiger partial charge in [-0.1, -0.05) is 34.1 Å². The molecule has 0 aliphatic rings. The van der Waals surface area contributed by atoms with Gasteiger partial charge in [-0.15, -0.1) is 0 Å². The molecule has 0 spiro atoms. The van der Waals surface area contributed by atoms with Gasteiger partial charge in [0.1, 0.15) is 5.75 Å². The minimum absolute atomic E-state index is 0.672. The summed E-state index contributed by atoms with van der Waals surface area (Å²) < 4.78 is 6.00. The van der Waals surface area contributed by atoms with Crippen LogP contribution in [0.1, 0.15) is 22.3 Å². The Morgan fingerprint density at radius 1 is 1.11 bits per heavy atom. The molecule has 0 aliphatic carbocycles. The van der Waals surface area contributed by atoms with Crippen molar-refractivity contribution in [2.75, 3.05) is 0 Å². The van der Waals surface area contributed by atoms with Gasteiger partial charge in [0.05, 0.1) is 0 Å². The van der Waals surface area contributed by atoms with E-state index < -0.39 is 0 Å². The van der Waals surface area contributed by atoms with E-state index in [-0.39, 0.29) is 0 Å². The van der Waals surface area contributed by atoms with E-state index in [2.05, 4.69) is 53.8 Å². The summed E-state index contributed by atoms with van der Waals surface area (Å²) in [6.07, 6.45) is 1.75. The van der Waals surface area contributed by atoms with Crippen molar-refractivity contribution in [2.45, 2.75) is 26.1 Å². The molecule has 0 saturated carbocycles. The van der Waals surface area contributed by atoms with Crippen molar-refractivity contribution in [3.8, 4) is 11.6 Å².